The largest absolute Gasteiger partial charge is 0.495 e. The molecule has 4 heteroatoms. The van der Waals surface area contributed by atoms with Gasteiger partial charge >= 0.3 is 0 Å². The highest BCUT2D eigenvalue weighted by molar-refractivity contribution is 6.35. The van der Waals surface area contributed by atoms with E-state index in [4.69, 9.17) is 22.1 Å². The maximum atomic E-state index is 11.7. The number of carbonyl (C=O) groups is 1. The molecule has 0 fully saturated rings. The van der Waals surface area contributed by atoms with E-state index in [0.29, 0.717) is 29.3 Å². The number of carbonyl (C=O) groups excluding carboxylic acids is 1. The third-order valence-electron chi connectivity index (χ3n) is 2.19. The van der Waals surface area contributed by atoms with Crippen molar-refractivity contribution in [2.45, 2.75) is 13.3 Å². The van der Waals surface area contributed by atoms with Crippen LogP contribution in [0.5, 0.6) is 5.75 Å². The Labute approximate surface area is 94.2 Å². The minimum absolute atomic E-state index is 0.0427. The number of halogens is 1. The number of nitrogens with two attached hydrogens (primary N) is 1. The summed E-state index contributed by atoms with van der Waals surface area (Å²) in [7, 11) is 1.52. The van der Waals surface area contributed by atoms with Gasteiger partial charge in [-0.25, -0.2) is 0 Å². The molecular weight excluding hydrogens is 214 g/mol. The van der Waals surface area contributed by atoms with Crippen LogP contribution in [0.4, 0.5) is 0 Å². The molecule has 1 aromatic rings. The van der Waals surface area contributed by atoms with Crippen LogP contribution in [0, 0.1) is 6.92 Å². The van der Waals surface area contributed by atoms with E-state index in [9.17, 15) is 4.79 Å². The zero-order valence-electron chi connectivity index (χ0n) is 8.84. The summed E-state index contributed by atoms with van der Waals surface area (Å²) in [5.74, 6) is 0.474. The van der Waals surface area contributed by atoms with Crippen LogP contribution in [0.1, 0.15) is 22.3 Å². The first-order valence-electron chi connectivity index (χ1n) is 4.68. The minimum Gasteiger partial charge on any atom is -0.495 e. The molecule has 0 aliphatic carbocycles. The molecule has 1 rings (SSSR count). The van der Waals surface area contributed by atoms with Crippen molar-refractivity contribution in [2.75, 3.05) is 13.7 Å². The van der Waals surface area contributed by atoms with Crippen LogP contribution in [0.2, 0.25) is 5.02 Å². The predicted octanol–water partition coefficient (Wildman–Crippen LogP) is 2.19. The monoisotopic (exact) mass is 227 g/mol. The Balaban J connectivity index is 3.20. The molecule has 0 amide bonds. The lowest BCUT2D eigenvalue weighted by Gasteiger charge is -2.10. The topological polar surface area (TPSA) is 52.3 Å². The zero-order valence-corrected chi connectivity index (χ0v) is 9.60. The maximum absolute atomic E-state index is 11.7. The van der Waals surface area contributed by atoms with Crippen molar-refractivity contribution >= 4 is 17.4 Å². The maximum Gasteiger partial charge on any atom is 0.166 e. The Hall–Kier alpha value is -1.06. The fourth-order valence-corrected chi connectivity index (χ4v) is 1.80. The first-order chi connectivity index (χ1) is 7.11. The van der Waals surface area contributed by atoms with Gasteiger partial charge < -0.3 is 10.5 Å². The van der Waals surface area contributed by atoms with Gasteiger partial charge in [-0.1, -0.05) is 17.7 Å². The molecule has 3 nitrogen and oxygen atoms in total. The molecule has 0 bridgehead atoms. The molecule has 0 atom stereocenters. The molecule has 0 unspecified atom stereocenters. The van der Waals surface area contributed by atoms with E-state index in [-0.39, 0.29) is 5.78 Å². The van der Waals surface area contributed by atoms with E-state index in [1.54, 1.807) is 6.07 Å². The number of methoxy groups -OCH3 is 1. The van der Waals surface area contributed by atoms with Crippen LogP contribution in [-0.2, 0) is 0 Å². The summed E-state index contributed by atoms with van der Waals surface area (Å²) in [6.45, 7) is 2.17. The molecule has 1 aromatic carbocycles. The van der Waals surface area contributed by atoms with Crippen molar-refractivity contribution < 1.29 is 9.53 Å². The van der Waals surface area contributed by atoms with Gasteiger partial charge in [-0.15, -0.1) is 0 Å². The second-order valence-electron chi connectivity index (χ2n) is 3.24. The third kappa shape index (κ3) is 2.49. The van der Waals surface area contributed by atoms with Crippen molar-refractivity contribution in [1.82, 2.24) is 0 Å². The highest BCUT2D eigenvalue weighted by atomic mass is 35.5. The number of ether oxygens (including phenoxy) is 1. The highest BCUT2D eigenvalue weighted by Gasteiger charge is 2.16. The van der Waals surface area contributed by atoms with Gasteiger partial charge in [0.15, 0.2) is 5.78 Å². The van der Waals surface area contributed by atoms with E-state index in [0.717, 1.165) is 5.56 Å². The Bertz CT molecular complexity index is 377. The van der Waals surface area contributed by atoms with Crippen LogP contribution in [0.25, 0.3) is 0 Å². The minimum atomic E-state index is -0.0427. The number of ketones is 1. The number of hydrogen-bond donors (Lipinski definition) is 1. The molecule has 15 heavy (non-hydrogen) atoms. The standard InChI is InChI=1S/C11H14ClNO2/c1-7-3-4-9(15-2)11(12)10(7)8(14)5-6-13/h3-4H,5-6,13H2,1-2H3. The second kappa shape index (κ2) is 5.14. The van der Waals surface area contributed by atoms with E-state index < -0.39 is 0 Å². The van der Waals surface area contributed by atoms with Gasteiger partial charge in [0.1, 0.15) is 5.75 Å². The van der Waals surface area contributed by atoms with Gasteiger partial charge in [0, 0.05) is 12.0 Å². The van der Waals surface area contributed by atoms with E-state index >= 15 is 0 Å². The quantitative estimate of drug-likeness (QED) is 0.803. The lowest BCUT2D eigenvalue weighted by molar-refractivity contribution is 0.0984. The van der Waals surface area contributed by atoms with Crippen LogP contribution in [0.3, 0.4) is 0 Å². The fourth-order valence-electron chi connectivity index (χ4n) is 1.41. The van der Waals surface area contributed by atoms with Crippen LogP contribution < -0.4 is 10.5 Å². The number of hydrogen-bond acceptors (Lipinski definition) is 3. The lowest BCUT2D eigenvalue weighted by Crippen LogP contribution is -2.10. The second-order valence-corrected chi connectivity index (χ2v) is 3.61. The summed E-state index contributed by atoms with van der Waals surface area (Å²) < 4.78 is 5.05. The van der Waals surface area contributed by atoms with Crippen LogP contribution >= 0.6 is 11.6 Å². The van der Waals surface area contributed by atoms with Crippen molar-refractivity contribution in [3.8, 4) is 5.75 Å². The van der Waals surface area contributed by atoms with Gasteiger partial charge in [-0.2, -0.15) is 0 Å². The van der Waals surface area contributed by atoms with E-state index in [1.165, 1.54) is 7.11 Å². The Morgan fingerprint density at radius 3 is 2.73 bits per heavy atom. The van der Waals surface area contributed by atoms with Gasteiger partial charge in [0.05, 0.1) is 12.1 Å². The Morgan fingerprint density at radius 1 is 1.53 bits per heavy atom. The molecular formula is C11H14ClNO2. The van der Waals surface area contributed by atoms with Gasteiger partial charge in [-0.05, 0) is 25.1 Å². The van der Waals surface area contributed by atoms with E-state index in [2.05, 4.69) is 0 Å². The molecule has 0 heterocycles. The first-order valence-corrected chi connectivity index (χ1v) is 5.06. The Morgan fingerprint density at radius 2 is 2.20 bits per heavy atom. The number of aryl methyl sites for hydroxylation is 1. The molecule has 0 aliphatic heterocycles. The highest BCUT2D eigenvalue weighted by Crippen LogP contribution is 2.31. The average molecular weight is 228 g/mol. The van der Waals surface area contributed by atoms with Gasteiger partial charge in [0.2, 0.25) is 0 Å². The summed E-state index contributed by atoms with van der Waals surface area (Å²) in [5, 5.41) is 0.371. The van der Waals surface area contributed by atoms with Crippen molar-refractivity contribution in [3.05, 3.63) is 28.3 Å². The smallest absolute Gasteiger partial charge is 0.166 e. The van der Waals surface area contributed by atoms with Crippen molar-refractivity contribution in [1.29, 1.82) is 0 Å². The summed E-state index contributed by atoms with van der Waals surface area (Å²) in [6, 6.07) is 3.56. The van der Waals surface area contributed by atoms with Crippen molar-refractivity contribution in [3.63, 3.8) is 0 Å². The van der Waals surface area contributed by atoms with Gasteiger partial charge in [-0.3, -0.25) is 4.79 Å². The Kier molecular flexibility index (Phi) is 4.12. The zero-order chi connectivity index (χ0) is 11.4. The molecule has 0 aliphatic rings. The van der Waals surface area contributed by atoms with Crippen molar-refractivity contribution in [2.24, 2.45) is 5.73 Å². The molecule has 0 spiro atoms. The number of benzene rings is 1. The molecule has 2 N–H and O–H groups in total. The number of rotatable bonds is 4. The third-order valence-corrected chi connectivity index (χ3v) is 2.56. The van der Waals surface area contributed by atoms with Gasteiger partial charge in [0.25, 0.3) is 0 Å². The van der Waals surface area contributed by atoms with Crippen LogP contribution in [0.15, 0.2) is 12.1 Å². The lowest BCUT2D eigenvalue weighted by atomic mass is 10.0. The predicted molar refractivity (Wildman–Crippen MR) is 60.7 cm³/mol. The molecule has 0 saturated heterocycles. The summed E-state index contributed by atoms with van der Waals surface area (Å²) >= 11 is 6.06. The molecule has 0 saturated carbocycles. The first kappa shape index (κ1) is 12.0. The average Bonchev–Trinajstić information content (AvgIpc) is 2.18. The summed E-state index contributed by atoms with van der Waals surface area (Å²) in [4.78, 5) is 11.7. The fraction of sp³-hybridized carbons (Fsp3) is 0.364. The molecule has 0 radical (unpaired) electrons. The molecule has 0 aromatic heterocycles. The summed E-state index contributed by atoms with van der Waals surface area (Å²) in [5.41, 5.74) is 6.70. The summed E-state index contributed by atoms with van der Waals surface area (Å²) in [6.07, 6.45) is 0.299. The number of Topliss-reactive ketones (excluding diaryl/α,β-unsaturated/α-hetero) is 1. The normalized spacial score (nSPS) is 10.1. The van der Waals surface area contributed by atoms with Crippen LogP contribution in [-0.4, -0.2) is 19.4 Å². The van der Waals surface area contributed by atoms with E-state index in [1.807, 2.05) is 13.0 Å². The molecule has 82 valence electrons. The SMILES string of the molecule is COc1ccc(C)c(C(=O)CCN)c1Cl.